The third-order valence-electron chi connectivity index (χ3n) is 4.69. The van der Waals surface area contributed by atoms with Crippen molar-refractivity contribution in [1.29, 1.82) is 0 Å². The van der Waals surface area contributed by atoms with Crippen LogP contribution in [0.5, 0.6) is 0 Å². The molecule has 0 spiro atoms. The number of aryl methyl sites for hydroxylation is 1. The largest absolute Gasteiger partial charge is 0.439 e. The SMILES string of the molecule is Cn1ncc(-c2nn[nH]n2)c1C(=O)N1CCCCC1C1(C(F)(F)F)N=N1. The minimum atomic E-state index is -4.64. The van der Waals surface area contributed by atoms with E-state index in [-0.39, 0.29) is 24.5 Å². The quantitative estimate of drug-likeness (QED) is 0.876. The maximum atomic E-state index is 13.5. The number of rotatable bonds is 3. The van der Waals surface area contributed by atoms with E-state index < -0.39 is 23.8 Å². The molecule has 1 fully saturated rings. The molecule has 2 aromatic rings. The molecule has 0 bridgehead atoms. The van der Waals surface area contributed by atoms with Crippen molar-refractivity contribution in [3.63, 3.8) is 0 Å². The molecule has 2 aliphatic heterocycles. The Hall–Kier alpha value is -2.86. The number of amides is 1. The first-order valence-electron chi connectivity index (χ1n) is 7.93. The smallest absolute Gasteiger partial charge is 0.329 e. The first-order valence-corrected chi connectivity index (χ1v) is 7.93. The molecule has 0 saturated carbocycles. The third kappa shape index (κ3) is 2.37. The summed E-state index contributed by atoms with van der Waals surface area (Å²) in [4.78, 5) is 14.3. The zero-order valence-electron chi connectivity index (χ0n) is 13.6. The molecule has 0 aliphatic carbocycles. The number of nitrogens with zero attached hydrogens (tertiary/aromatic N) is 8. The van der Waals surface area contributed by atoms with Gasteiger partial charge in [0.1, 0.15) is 5.69 Å². The molecular weight excluding hydrogens is 355 g/mol. The zero-order valence-corrected chi connectivity index (χ0v) is 13.6. The van der Waals surface area contributed by atoms with Crippen LogP contribution < -0.4 is 0 Å². The van der Waals surface area contributed by atoms with Gasteiger partial charge in [-0.25, -0.2) is 0 Å². The van der Waals surface area contributed by atoms with Crippen LogP contribution in [0.3, 0.4) is 0 Å². The maximum absolute atomic E-state index is 13.5. The number of halogens is 3. The molecule has 10 nitrogen and oxygen atoms in total. The topological polar surface area (TPSA) is 117 Å². The highest BCUT2D eigenvalue weighted by atomic mass is 19.4. The van der Waals surface area contributed by atoms with Crippen LogP contribution in [-0.2, 0) is 7.05 Å². The molecule has 1 saturated heterocycles. The molecule has 4 rings (SSSR count). The summed E-state index contributed by atoms with van der Waals surface area (Å²) in [6, 6.07) is -1.17. The summed E-state index contributed by atoms with van der Waals surface area (Å²) in [6.45, 7) is 0.184. The van der Waals surface area contributed by atoms with Gasteiger partial charge in [0.15, 0.2) is 0 Å². The van der Waals surface area contributed by atoms with E-state index in [1.165, 1.54) is 22.8 Å². The number of aromatic nitrogens is 6. The van der Waals surface area contributed by atoms with Crippen molar-refractivity contribution in [1.82, 2.24) is 35.3 Å². The third-order valence-corrected chi connectivity index (χ3v) is 4.69. The standard InChI is InChI=1S/C13H14F3N9O/c1-24-9(7(6-17-24)10-18-22-23-19-10)11(26)25-5-3-2-4-8(25)12(20-21-12)13(14,15)16/h6,8H,2-5H2,1H3,(H,18,19,22,23). The maximum Gasteiger partial charge on any atom is 0.439 e. The summed E-state index contributed by atoms with van der Waals surface area (Å²) in [5.74, 6) is -0.447. The van der Waals surface area contributed by atoms with E-state index in [0.717, 1.165) is 0 Å². The molecule has 26 heavy (non-hydrogen) atoms. The molecule has 1 atom stereocenters. The number of likely N-dealkylation sites (tertiary alicyclic amines) is 1. The van der Waals surface area contributed by atoms with E-state index in [9.17, 15) is 18.0 Å². The van der Waals surface area contributed by atoms with Gasteiger partial charge in [0, 0.05) is 13.6 Å². The van der Waals surface area contributed by atoms with Crippen molar-refractivity contribution in [2.45, 2.75) is 37.1 Å². The van der Waals surface area contributed by atoms with Gasteiger partial charge in [-0.1, -0.05) is 0 Å². The molecule has 2 aliphatic rings. The van der Waals surface area contributed by atoms with E-state index >= 15 is 0 Å². The highest BCUT2D eigenvalue weighted by molar-refractivity contribution is 5.98. The van der Waals surface area contributed by atoms with Gasteiger partial charge >= 0.3 is 11.8 Å². The lowest BCUT2D eigenvalue weighted by molar-refractivity contribution is -0.179. The Morgan fingerprint density at radius 3 is 2.73 bits per heavy atom. The Morgan fingerprint density at radius 1 is 1.35 bits per heavy atom. The van der Waals surface area contributed by atoms with Crippen LogP contribution in [0.2, 0.25) is 0 Å². The summed E-state index contributed by atoms with van der Waals surface area (Å²) >= 11 is 0. The average Bonchev–Trinajstić information content (AvgIpc) is 3.09. The fourth-order valence-corrected chi connectivity index (χ4v) is 3.35. The molecule has 138 valence electrons. The molecule has 1 unspecified atom stereocenters. The van der Waals surface area contributed by atoms with Crippen molar-refractivity contribution in [2.75, 3.05) is 6.54 Å². The summed E-state index contributed by atoms with van der Waals surface area (Å²) in [6.07, 6.45) is -1.92. The van der Waals surface area contributed by atoms with Crippen molar-refractivity contribution < 1.29 is 18.0 Å². The zero-order chi connectivity index (χ0) is 18.5. The van der Waals surface area contributed by atoms with Crippen molar-refractivity contribution in [2.24, 2.45) is 17.3 Å². The van der Waals surface area contributed by atoms with E-state index in [2.05, 4.69) is 36.0 Å². The monoisotopic (exact) mass is 369 g/mol. The summed E-state index contributed by atoms with van der Waals surface area (Å²) < 4.78 is 41.7. The lowest BCUT2D eigenvalue weighted by atomic mass is 9.91. The highest BCUT2D eigenvalue weighted by Crippen LogP contribution is 2.50. The van der Waals surface area contributed by atoms with Gasteiger partial charge in [0.05, 0.1) is 17.8 Å². The predicted octanol–water partition coefficient (Wildman–Crippen LogP) is 1.32. The molecule has 2 aromatic heterocycles. The first kappa shape index (κ1) is 16.6. The molecule has 13 heteroatoms. The van der Waals surface area contributed by atoms with Crippen LogP contribution >= 0.6 is 0 Å². The van der Waals surface area contributed by atoms with E-state index in [0.29, 0.717) is 18.4 Å². The summed E-state index contributed by atoms with van der Waals surface area (Å²) in [5, 5.41) is 23.9. The van der Waals surface area contributed by atoms with Crippen LogP contribution in [0.1, 0.15) is 29.8 Å². The number of nitrogens with one attached hydrogen (secondary N) is 1. The van der Waals surface area contributed by atoms with E-state index in [1.54, 1.807) is 0 Å². The average molecular weight is 369 g/mol. The number of aromatic amines is 1. The highest BCUT2D eigenvalue weighted by Gasteiger charge is 2.70. The van der Waals surface area contributed by atoms with Gasteiger partial charge in [0.25, 0.3) is 5.91 Å². The second kappa shape index (κ2) is 5.57. The predicted molar refractivity (Wildman–Crippen MR) is 78.7 cm³/mol. The lowest BCUT2D eigenvalue weighted by Crippen LogP contribution is -2.57. The fraction of sp³-hybridized carbons (Fsp3) is 0.615. The Kier molecular flexibility index (Phi) is 3.56. The van der Waals surface area contributed by atoms with Gasteiger partial charge in [-0.2, -0.15) is 23.5 Å². The Morgan fingerprint density at radius 2 is 2.12 bits per heavy atom. The van der Waals surface area contributed by atoms with Gasteiger partial charge in [-0.05, 0) is 24.5 Å². The Bertz CT molecular complexity index is 851. The van der Waals surface area contributed by atoms with Crippen molar-refractivity contribution in [3.05, 3.63) is 11.9 Å². The summed E-state index contributed by atoms with van der Waals surface area (Å²) in [7, 11) is 1.53. The number of H-pyrrole nitrogens is 1. The first-order chi connectivity index (χ1) is 12.3. The fourth-order valence-electron chi connectivity index (χ4n) is 3.35. The molecule has 4 heterocycles. The Labute approximate surface area is 144 Å². The number of hydrogen-bond donors (Lipinski definition) is 1. The second-order valence-corrected chi connectivity index (χ2v) is 6.20. The second-order valence-electron chi connectivity index (χ2n) is 6.20. The minimum absolute atomic E-state index is 0.0938. The number of piperidine rings is 1. The van der Waals surface area contributed by atoms with E-state index in [4.69, 9.17) is 0 Å². The molecule has 0 radical (unpaired) electrons. The van der Waals surface area contributed by atoms with Gasteiger partial charge in [-0.15, -0.1) is 20.4 Å². The van der Waals surface area contributed by atoms with Gasteiger partial charge in [-0.3, -0.25) is 9.48 Å². The Balaban J connectivity index is 1.71. The van der Waals surface area contributed by atoms with Gasteiger partial charge in [0.2, 0.25) is 5.82 Å². The molecular formula is C13H14F3N9O. The normalized spacial score (nSPS) is 21.8. The number of carbonyl (C=O) groups excluding carboxylic acids is 1. The van der Waals surface area contributed by atoms with Crippen LogP contribution in [0, 0.1) is 0 Å². The minimum Gasteiger partial charge on any atom is -0.329 e. The van der Waals surface area contributed by atoms with E-state index in [1.807, 2.05) is 0 Å². The molecule has 1 amide bonds. The number of hydrogen-bond acceptors (Lipinski definition) is 7. The number of tetrazole rings is 1. The summed E-state index contributed by atoms with van der Waals surface area (Å²) in [5.41, 5.74) is -2.13. The number of carbonyl (C=O) groups is 1. The molecule has 0 aromatic carbocycles. The van der Waals surface area contributed by atoms with Crippen LogP contribution in [0.15, 0.2) is 16.4 Å². The van der Waals surface area contributed by atoms with Crippen molar-refractivity contribution >= 4 is 5.91 Å². The molecule has 1 N–H and O–H groups in total. The van der Waals surface area contributed by atoms with Gasteiger partial charge < -0.3 is 4.90 Å². The van der Waals surface area contributed by atoms with Crippen molar-refractivity contribution in [3.8, 4) is 11.4 Å². The van der Waals surface area contributed by atoms with Crippen LogP contribution in [0.4, 0.5) is 13.2 Å². The van der Waals surface area contributed by atoms with Crippen LogP contribution in [-0.4, -0.2) is 65.6 Å². The number of alkyl halides is 3. The van der Waals surface area contributed by atoms with Crippen LogP contribution in [0.25, 0.3) is 11.4 Å². The lowest BCUT2D eigenvalue weighted by Gasteiger charge is -2.38.